The van der Waals surface area contributed by atoms with E-state index in [1.54, 1.807) is 12.3 Å². The zero-order valence-corrected chi connectivity index (χ0v) is 17.4. The summed E-state index contributed by atoms with van der Waals surface area (Å²) in [6.07, 6.45) is 2.95. The lowest BCUT2D eigenvalue weighted by molar-refractivity contribution is -0.0934. The molecule has 0 saturated carbocycles. The van der Waals surface area contributed by atoms with Crippen LogP contribution in [-0.4, -0.2) is 71.9 Å². The predicted octanol–water partition coefficient (Wildman–Crippen LogP) is 1.92. The molecule has 9 nitrogen and oxygen atoms in total. The first-order chi connectivity index (χ1) is 15.3. The summed E-state index contributed by atoms with van der Waals surface area (Å²) in [4.78, 5) is 19.3. The van der Waals surface area contributed by atoms with Gasteiger partial charge in [-0.3, -0.25) is 9.98 Å². The summed E-state index contributed by atoms with van der Waals surface area (Å²) in [5.41, 5.74) is 5.52. The highest BCUT2D eigenvalue weighted by atomic mass is 19.4. The molecule has 2 unspecified atom stereocenters. The first-order valence-electron chi connectivity index (χ1n) is 9.77. The Morgan fingerprint density at radius 2 is 2.19 bits per heavy atom. The number of nitrogens with zero attached hydrogens (tertiary/aromatic N) is 6. The molecule has 0 radical (unpaired) electrons. The highest BCUT2D eigenvalue weighted by Gasteiger charge is 2.36. The molecular weight excluding hydrogens is 423 g/mol. The van der Waals surface area contributed by atoms with Gasteiger partial charge in [-0.1, -0.05) is 0 Å². The van der Waals surface area contributed by atoms with Crippen molar-refractivity contribution in [2.24, 2.45) is 15.7 Å². The number of nitrogens with one attached hydrogen (secondary N) is 2. The third-order valence-corrected chi connectivity index (χ3v) is 4.94. The van der Waals surface area contributed by atoms with E-state index in [1.807, 2.05) is 11.8 Å². The Morgan fingerprint density at radius 1 is 1.41 bits per heavy atom. The lowest BCUT2D eigenvalue weighted by atomic mass is 10.0. The number of nitrogens with two attached hydrogens (primary N) is 1. The van der Waals surface area contributed by atoms with Crippen LogP contribution in [0.3, 0.4) is 0 Å². The molecule has 170 valence electrons. The van der Waals surface area contributed by atoms with Gasteiger partial charge in [0.05, 0.1) is 18.8 Å². The van der Waals surface area contributed by atoms with E-state index in [9.17, 15) is 13.2 Å². The third-order valence-electron chi connectivity index (χ3n) is 4.94. The largest absolute Gasteiger partial charge is 0.434 e. The Bertz CT molecular complexity index is 981. The van der Waals surface area contributed by atoms with Crippen LogP contribution in [0.2, 0.25) is 0 Å². The van der Waals surface area contributed by atoms with Crippen molar-refractivity contribution in [1.82, 2.24) is 20.2 Å². The van der Waals surface area contributed by atoms with Crippen LogP contribution < -0.4 is 16.0 Å². The minimum absolute atomic E-state index is 0.0857. The summed E-state index contributed by atoms with van der Waals surface area (Å²) in [6.45, 7) is 6.66. The van der Waals surface area contributed by atoms with Crippen molar-refractivity contribution in [3.05, 3.63) is 48.0 Å². The van der Waals surface area contributed by atoms with Crippen LogP contribution in [0.15, 0.2) is 52.1 Å². The normalized spacial score (nSPS) is 22.6. The molecule has 0 amide bonds. The van der Waals surface area contributed by atoms with Crippen molar-refractivity contribution < 1.29 is 13.2 Å². The molecule has 4 N–H and O–H groups in total. The average Bonchev–Trinajstić information content (AvgIpc) is 2.77. The van der Waals surface area contributed by atoms with Crippen molar-refractivity contribution in [2.75, 3.05) is 24.5 Å². The lowest BCUT2D eigenvalue weighted by Gasteiger charge is -2.38. The molecule has 2 aliphatic rings. The fraction of sp³-hybridized carbons (Fsp3) is 0.350. The van der Waals surface area contributed by atoms with E-state index in [1.165, 1.54) is 29.7 Å². The molecule has 32 heavy (non-hydrogen) atoms. The number of alkyl halides is 3. The maximum Gasteiger partial charge on any atom is 0.434 e. The molecule has 3 rings (SSSR count). The van der Waals surface area contributed by atoms with Crippen molar-refractivity contribution in [1.29, 1.82) is 5.41 Å². The Kier molecular flexibility index (Phi) is 7.03. The molecule has 1 aromatic heterocycles. The predicted molar refractivity (Wildman–Crippen MR) is 119 cm³/mol. The molecule has 0 aliphatic carbocycles. The van der Waals surface area contributed by atoms with Crippen LogP contribution in [0, 0.1) is 5.41 Å². The quantitative estimate of drug-likeness (QED) is 0.574. The number of aliphatic imine (C=N–C) groups is 2. The van der Waals surface area contributed by atoms with Gasteiger partial charge in [-0.15, -0.1) is 0 Å². The molecule has 0 aromatic carbocycles. The second-order valence-electron chi connectivity index (χ2n) is 7.25. The summed E-state index contributed by atoms with van der Waals surface area (Å²) < 4.78 is 39.4. The molecule has 2 atom stereocenters. The van der Waals surface area contributed by atoms with Gasteiger partial charge in [0.2, 0.25) is 0 Å². The van der Waals surface area contributed by atoms with Gasteiger partial charge in [-0.2, -0.15) is 13.2 Å². The number of piperazine rings is 1. The summed E-state index contributed by atoms with van der Waals surface area (Å²) in [6, 6.07) is 1.64. The van der Waals surface area contributed by atoms with Crippen LogP contribution in [-0.2, 0) is 0 Å². The summed E-state index contributed by atoms with van der Waals surface area (Å²) in [7, 11) is 0. The average molecular weight is 447 g/mol. The van der Waals surface area contributed by atoms with Gasteiger partial charge in [0.15, 0.2) is 11.5 Å². The molecular formula is C20H24F3N9. The van der Waals surface area contributed by atoms with E-state index >= 15 is 0 Å². The van der Waals surface area contributed by atoms with Gasteiger partial charge in [-0.05, 0) is 19.7 Å². The van der Waals surface area contributed by atoms with Crippen LogP contribution in [0.1, 0.15) is 12.7 Å². The second kappa shape index (κ2) is 9.73. The number of hydrogen-bond acceptors (Lipinski definition) is 9. The first kappa shape index (κ1) is 23.1. The Labute approximate surface area is 183 Å². The van der Waals surface area contributed by atoms with Crippen LogP contribution >= 0.6 is 0 Å². The number of aromatic nitrogens is 2. The molecule has 1 aromatic rings. The van der Waals surface area contributed by atoms with Gasteiger partial charge in [0.1, 0.15) is 11.5 Å². The highest BCUT2D eigenvalue weighted by Crippen LogP contribution is 2.30. The molecule has 1 fully saturated rings. The molecule has 0 bridgehead atoms. The Balaban J connectivity index is 1.92. The SMILES string of the molecule is C=N/C=C(/c1nccc(N2CC(C)NC(/C(C=N)=C/N)C2)n1)N1C=C(C(F)(F)F)N=CC1. The molecule has 12 heteroatoms. The van der Waals surface area contributed by atoms with Crippen molar-refractivity contribution in [3.63, 3.8) is 0 Å². The van der Waals surface area contributed by atoms with E-state index in [2.05, 4.69) is 32.0 Å². The molecule has 2 aliphatic heterocycles. The van der Waals surface area contributed by atoms with Gasteiger partial charge >= 0.3 is 6.18 Å². The van der Waals surface area contributed by atoms with Gasteiger partial charge in [-0.25, -0.2) is 9.97 Å². The van der Waals surface area contributed by atoms with Gasteiger partial charge in [0, 0.05) is 55.7 Å². The van der Waals surface area contributed by atoms with E-state index in [4.69, 9.17) is 11.1 Å². The Morgan fingerprint density at radius 3 is 2.84 bits per heavy atom. The third kappa shape index (κ3) is 5.19. The summed E-state index contributed by atoms with van der Waals surface area (Å²) >= 11 is 0. The van der Waals surface area contributed by atoms with Gasteiger partial charge in [0.25, 0.3) is 0 Å². The van der Waals surface area contributed by atoms with E-state index in [0.717, 1.165) is 6.20 Å². The maximum atomic E-state index is 13.1. The fourth-order valence-corrected chi connectivity index (χ4v) is 3.50. The van der Waals surface area contributed by atoms with Crippen molar-refractivity contribution >= 4 is 30.7 Å². The van der Waals surface area contributed by atoms with Crippen LogP contribution in [0.4, 0.5) is 19.0 Å². The number of hydrogen-bond donors (Lipinski definition) is 3. The number of rotatable bonds is 6. The Hall–Kier alpha value is -3.54. The number of allylic oxidation sites excluding steroid dienone is 1. The fourth-order valence-electron chi connectivity index (χ4n) is 3.50. The van der Waals surface area contributed by atoms with Crippen LogP contribution in [0.5, 0.6) is 0 Å². The zero-order chi connectivity index (χ0) is 23.3. The molecule has 0 spiro atoms. The molecule has 1 saturated heterocycles. The lowest BCUT2D eigenvalue weighted by Crippen LogP contribution is -2.56. The van der Waals surface area contributed by atoms with Crippen LogP contribution in [0.25, 0.3) is 5.70 Å². The minimum atomic E-state index is -4.58. The minimum Gasteiger partial charge on any atom is -0.404 e. The smallest absolute Gasteiger partial charge is 0.404 e. The monoisotopic (exact) mass is 447 g/mol. The first-order valence-corrected chi connectivity index (χ1v) is 9.77. The number of halogens is 3. The van der Waals surface area contributed by atoms with E-state index < -0.39 is 11.9 Å². The summed E-state index contributed by atoms with van der Waals surface area (Å²) in [5, 5.41) is 10.9. The van der Waals surface area contributed by atoms with E-state index in [-0.39, 0.29) is 30.1 Å². The van der Waals surface area contributed by atoms with Crippen molar-refractivity contribution in [2.45, 2.75) is 25.2 Å². The summed E-state index contributed by atoms with van der Waals surface area (Å²) in [5.74, 6) is 0.794. The number of anilines is 1. The van der Waals surface area contributed by atoms with Crippen molar-refractivity contribution in [3.8, 4) is 0 Å². The van der Waals surface area contributed by atoms with E-state index in [0.29, 0.717) is 24.5 Å². The maximum absolute atomic E-state index is 13.1. The molecule has 3 heterocycles. The standard InChI is InChI=1S/C20H24F3N9/c1-13-10-32(11-15(29-13)14(7-24)8-25)18-3-4-28-19(30-18)16(9-26-2)31-6-5-27-17(12-31)20(21,22)23/h3-5,7-9,12-13,15,24,29H,2,6,10-11,25H2,1H3/b14-8+,16-9-,24-7?. The highest BCUT2D eigenvalue weighted by molar-refractivity contribution is 5.77. The van der Waals surface area contributed by atoms with Gasteiger partial charge < -0.3 is 26.3 Å². The zero-order valence-electron chi connectivity index (χ0n) is 17.4. The second-order valence-corrected chi connectivity index (χ2v) is 7.25. The topological polar surface area (TPSA) is 119 Å².